The van der Waals surface area contributed by atoms with Crippen LogP contribution in [-0.4, -0.2) is 35.6 Å². The maximum Gasteiger partial charge on any atom is 0.242 e. The predicted molar refractivity (Wildman–Crippen MR) is 133 cm³/mol. The van der Waals surface area contributed by atoms with E-state index in [1.54, 1.807) is 18.2 Å². The van der Waals surface area contributed by atoms with Gasteiger partial charge in [0.1, 0.15) is 11.9 Å². The summed E-state index contributed by atoms with van der Waals surface area (Å²) < 4.78 is 14.4. The van der Waals surface area contributed by atoms with E-state index in [0.717, 1.165) is 11.1 Å². The molecule has 0 bridgehead atoms. The van der Waals surface area contributed by atoms with E-state index < -0.39 is 11.9 Å². The largest absolute Gasteiger partial charge is 0.357 e. The van der Waals surface area contributed by atoms with E-state index >= 15 is 0 Å². The summed E-state index contributed by atoms with van der Waals surface area (Å²) in [5, 5.41) is 3.31. The van der Waals surface area contributed by atoms with Gasteiger partial charge in [-0.1, -0.05) is 78.3 Å². The van der Waals surface area contributed by atoms with Gasteiger partial charge in [-0.2, -0.15) is 0 Å². The van der Waals surface area contributed by atoms with Gasteiger partial charge in [-0.05, 0) is 23.3 Å². The minimum Gasteiger partial charge on any atom is -0.357 e. The molecule has 0 aliphatic rings. The number of hydrogen-bond acceptors (Lipinski definition) is 3. The highest BCUT2D eigenvalue weighted by Crippen LogP contribution is 2.22. The van der Waals surface area contributed by atoms with Crippen molar-refractivity contribution in [2.75, 3.05) is 12.8 Å². The van der Waals surface area contributed by atoms with Gasteiger partial charge >= 0.3 is 0 Å². The molecule has 0 fully saturated rings. The molecule has 0 saturated heterocycles. The summed E-state index contributed by atoms with van der Waals surface area (Å²) in [6.45, 7) is 0.00306. The van der Waals surface area contributed by atoms with Gasteiger partial charge in [-0.15, -0.1) is 11.8 Å². The third-order valence-corrected chi connectivity index (χ3v) is 6.59. The molecule has 3 rings (SSSR count). The highest BCUT2D eigenvalue weighted by atomic mass is 35.5. The Balaban J connectivity index is 1.83. The number of amides is 2. The Labute approximate surface area is 203 Å². The Hall–Kier alpha value is -2.83. The topological polar surface area (TPSA) is 49.4 Å². The first-order valence-corrected chi connectivity index (χ1v) is 12.1. The van der Waals surface area contributed by atoms with Gasteiger partial charge in [0.25, 0.3) is 0 Å². The molecule has 0 aromatic heterocycles. The number of carbonyl (C=O) groups is 2. The fourth-order valence-electron chi connectivity index (χ4n) is 3.48. The predicted octanol–water partition coefficient (Wildman–Crippen LogP) is 5.10. The molecule has 0 spiro atoms. The van der Waals surface area contributed by atoms with Crippen LogP contribution in [0.25, 0.3) is 0 Å². The lowest BCUT2D eigenvalue weighted by atomic mass is 10.0. The normalized spacial score (nSPS) is 11.6. The minimum absolute atomic E-state index is 0.00306. The summed E-state index contributed by atoms with van der Waals surface area (Å²) in [4.78, 5) is 27.7. The summed E-state index contributed by atoms with van der Waals surface area (Å²) >= 11 is 7.64. The third-order valence-electron chi connectivity index (χ3n) is 5.26. The van der Waals surface area contributed by atoms with Gasteiger partial charge in [0.05, 0.1) is 5.75 Å². The van der Waals surface area contributed by atoms with E-state index in [9.17, 15) is 14.0 Å². The van der Waals surface area contributed by atoms with E-state index in [1.807, 2.05) is 54.6 Å². The molecule has 0 radical (unpaired) electrons. The Morgan fingerprint density at radius 3 is 2.27 bits per heavy atom. The molecule has 0 aliphatic carbocycles. The quantitative estimate of drug-likeness (QED) is 0.435. The van der Waals surface area contributed by atoms with Crippen molar-refractivity contribution in [1.29, 1.82) is 0 Å². The smallest absolute Gasteiger partial charge is 0.242 e. The first kappa shape index (κ1) is 24.8. The standard InChI is InChI=1S/C26H26ClFN2O2S/c1-29-26(32)24(15-19-9-3-2-4-10-19)30(16-20-11-6-8-14-23(20)28)25(31)18-33-17-21-12-5-7-13-22(21)27/h2-14,24H,15-18H2,1H3,(H,29,32)/t24-/m0/s1. The van der Waals surface area contributed by atoms with Crippen molar-refractivity contribution >= 4 is 35.2 Å². The third kappa shape index (κ3) is 7.07. The lowest BCUT2D eigenvalue weighted by Gasteiger charge is -2.31. The van der Waals surface area contributed by atoms with E-state index in [1.165, 1.54) is 29.8 Å². The van der Waals surface area contributed by atoms with Crippen molar-refractivity contribution in [2.45, 2.75) is 24.8 Å². The molecule has 0 unspecified atom stereocenters. The van der Waals surface area contributed by atoms with Crippen LogP contribution in [0, 0.1) is 5.82 Å². The fourth-order valence-corrected chi connectivity index (χ4v) is 4.67. The molecule has 0 heterocycles. The van der Waals surface area contributed by atoms with Gasteiger partial charge in [0.15, 0.2) is 0 Å². The van der Waals surface area contributed by atoms with Gasteiger partial charge in [-0.3, -0.25) is 9.59 Å². The monoisotopic (exact) mass is 484 g/mol. The van der Waals surface area contributed by atoms with Crippen LogP contribution < -0.4 is 5.32 Å². The molecule has 33 heavy (non-hydrogen) atoms. The Morgan fingerprint density at radius 1 is 0.970 bits per heavy atom. The second kappa shape index (κ2) is 12.4. The number of likely N-dealkylation sites (N-methyl/N-ethyl adjacent to an activating group) is 1. The van der Waals surface area contributed by atoms with Crippen molar-refractivity contribution in [3.8, 4) is 0 Å². The van der Waals surface area contributed by atoms with Crippen LogP contribution in [0.2, 0.25) is 5.02 Å². The Morgan fingerprint density at radius 2 is 1.61 bits per heavy atom. The second-order valence-corrected chi connectivity index (χ2v) is 8.91. The number of nitrogens with zero attached hydrogens (tertiary/aromatic N) is 1. The van der Waals surface area contributed by atoms with E-state index in [-0.39, 0.29) is 24.1 Å². The molecule has 0 saturated carbocycles. The van der Waals surface area contributed by atoms with Crippen molar-refractivity contribution in [3.63, 3.8) is 0 Å². The summed E-state index contributed by atoms with van der Waals surface area (Å²) in [6, 6.07) is 22.5. The zero-order chi connectivity index (χ0) is 23.6. The second-order valence-electron chi connectivity index (χ2n) is 7.52. The number of nitrogens with one attached hydrogen (secondary N) is 1. The molecule has 1 N–H and O–H groups in total. The van der Waals surface area contributed by atoms with Gasteiger partial charge in [0, 0.05) is 36.4 Å². The van der Waals surface area contributed by atoms with Crippen molar-refractivity contribution < 1.29 is 14.0 Å². The molecule has 4 nitrogen and oxygen atoms in total. The molecule has 3 aromatic carbocycles. The molecule has 7 heteroatoms. The number of carbonyl (C=O) groups excluding carboxylic acids is 2. The van der Waals surface area contributed by atoms with Crippen LogP contribution in [0.15, 0.2) is 78.9 Å². The molecular weight excluding hydrogens is 459 g/mol. The number of rotatable bonds is 10. The molecule has 1 atom stereocenters. The molecular formula is C26H26ClFN2O2S. The van der Waals surface area contributed by atoms with Crippen molar-refractivity contribution in [2.24, 2.45) is 0 Å². The number of thioether (sulfide) groups is 1. The van der Waals surface area contributed by atoms with Crippen LogP contribution in [0.1, 0.15) is 16.7 Å². The fraction of sp³-hybridized carbons (Fsp3) is 0.231. The first-order chi connectivity index (χ1) is 16.0. The summed E-state index contributed by atoms with van der Waals surface area (Å²) in [5.74, 6) is -0.238. The SMILES string of the molecule is CNC(=O)[C@H](Cc1ccccc1)N(Cc1ccccc1F)C(=O)CSCc1ccccc1Cl. The lowest BCUT2D eigenvalue weighted by Crippen LogP contribution is -2.50. The lowest BCUT2D eigenvalue weighted by molar-refractivity contribution is -0.139. The molecule has 3 aromatic rings. The minimum atomic E-state index is -0.773. The van der Waals surface area contributed by atoms with Gasteiger partial charge < -0.3 is 10.2 Å². The van der Waals surface area contributed by atoms with Gasteiger partial charge in [-0.25, -0.2) is 4.39 Å². The van der Waals surface area contributed by atoms with E-state index in [0.29, 0.717) is 22.8 Å². The van der Waals surface area contributed by atoms with E-state index in [2.05, 4.69) is 5.32 Å². The molecule has 0 aliphatic heterocycles. The van der Waals surface area contributed by atoms with Crippen LogP contribution in [0.4, 0.5) is 4.39 Å². The molecule has 172 valence electrons. The van der Waals surface area contributed by atoms with Crippen molar-refractivity contribution in [1.82, 2.24) is 10.2 Å². The zero-order valence-corrected chi connectivity index (χ0v) is 19.9. The van der Waals surface area contributed by atoms with Crippen LogP contribution >= 0.6 is 23.4 Å². The summed E-state index contributed by atoms with van der Waals surface area (Å²) in [6.07, 6.45) is 0.329. The van der Waals surface area contributed by atoms with Crippen LogP contribution in [-0.2, 0) is 28.3 Å². The summed E-state index contributed by atoms with van der Waals surface area (Å²) in [5.41, 5.74) is 2.22. The number of hydrogen-bond donors (Lipinski definition) is 1. The Kier molecular flexibility index (Phi) is 9.34. The maximum atomic E-state index is 14.4. The number of halogens is 2. The van der Waals surface area contributed by atoms with E-state index in [4.69, 9.17) is 11.6 Å². The van der Waals surface area contributed by atoms with Crippen molar-refractivity contribution in [3.05, 3.63) is 106 Å². The maximum absolute atomic E-state index is 14.4. The highest BCUT2D eigenvalue weighted by molar-refractivity contribution is 7.99. The number of benzene rings is 3. The Bertz CT molecular complexity index is 1080. The van der Waals surface area contributed by atoms with Crippen LogP contribution in [0.3, 0.4) is 0 Å². The zero-order valence-electron chi connectivity index (χ0n) is 18.3. The van der Waals surface area contributed by atoms with Crippen LogP contribution in [0.5, 0.6) is 0 Å². The highest BCUT2D eigenvalue weighted by Gasteiger charge is 2.30. The summed E-state index contributed by atoms with van der Waals surface area (Å²) in [7, 11) is 1.54. The average Bonchev–Trinajstić information content (AvgIpc) is 2.83. The first-order valence-electron chi connectivity index (χ1n) is 10.6. The molecule has 2 amide bonds. The van der Waals surface area contributed by atoms with Gasteiger partial charge in [0.2, 0.25) is 11.8 Å². The average molecular weight is 485 g/mol.